The molecule has 0 spiro atoms. The van der Waals surface area contributed by atoms with Gasteiger partial charge in [-0.2, -0.15) is 0 Å². The Morgan fingerprint density at radius 2 is 2.33 bits per heavy atom. The van der Waals surface area contributed by atoms with Gasteiger partial charge in [0.25, 0.3) is 0 Å². The van der Waals surface area contributed by atoms with Crippen LogP contribution >= 0.6 is 0 Å². The van der Waals surface area contributed by atoms with Crippen molar-refractivity contribution in [2.24, 2.45) is 0 Å². The lowest BCUT2D eigenvalue weighted by Gasteiger charge is -2.16. The van der Waals surface area contributed by atoms with Gasteiger partial charge in [-0.05, 0) is 19.1 Å². The maximum absolute atomic E-state index is 13.6. The van der Waals surface area contributed by atoms with E-state index in [9.17, 15) is 4.39 Å². The van der Waals surface area contributed by atoms with Gasteiger partial charge in [0, 0.05) is 18.2 Å². The summed E-state index contributed by atoms with van der Waals surface area (Å²) in [4.78, 5) is 0. The topological polar surface area (TPSA) is 21.3 Å². The molecule has 2 nitrogen and oxygen atoms in total. The molecule has 0 aliphatic carbocycles. The molecule has 1 N–H and O–H groups in total. The number of ether oxygens (including phenoxy) is 1. The molecule has 0 amide bonds. The normalized spacial score (nSPS) is 12.2. The van der Waals surface area contributed by atoms with Crippen LogP contribution in [0.15, 0.2) is 30.9 Å². The zero-order chi connectivity index (χ0) is 11.3. The third kappa shape index (κ3) is 2.80. The Hall–Kier alpha value is -1.35. The van der Waals surface area contributed by atoms with Crippen LogP contribution in [-0.4, -0.2) is 13.7 Å². The number of halogens is 1. The summed E-state index contributed by atoms with van der Waals surface area (Å²) in [7, 11) is 1.54. The summed E-state index contributed by atoms with van der Waals surface area (Å²) in [6.07, 6.45) is 1.74. The second kappa shape index (κ2) is 5.51. The number of benzene rings is 1. The molecule has 0 aliphatic rings. The SMILES string of the molecule is C=CCNC(C)c1c(F)cccc1OC. The highest BCUT2D eigenvalue weighted by Crippen LogP contribution is 2.27. The maximum Gasteiger partial charge on any atom is 0.131 e. The van der Waals surface area contributed by atoms with Gasteiger partial charge in [0.05, 0.1) is 7.11 Å². The molecule has 1 unspecified atom stereocenters. The van der Waals surface area contributed by atoms with Crippen molar-refractivity contribution in [1.29, 1.82) is 0 Å². The largest absolute Gasteiger partial charge is 0.496 e. The van der Waals surface area contributed by atoms with E-state index in [1.165, 1.54) is 6.07 Å². The number of nitrogens with one attached hydrogen (secondary N) is 1. The Kier molecular flexibility index (Phi) is 4.31. The van der Waals surface area contributed by atoms with Gasteiger partial charge in [-0.25, -0.2) is 4.39 Å². The molecule has 3 heteroatoms. The molecule has 0 aromatic heterocycles. The van der Waals surface area contributed by atoms with Crippen molar-refractivity contribution in [3.05, 3.63) is 42.2 Å². The van der Waals surface area contributed by atoms with E-state index in [2.05, 4.69) is 11.9 Å². The van der Waals surface area contributed by atoms with Crippen LogP contribution in [0.2, 0.25) is 0 Å². The molecule has 1 aromatic carbocycles. The van der Waals surface area contributed by atoms with Crippen LogP contribution in [0.5, 0.6) is 5.75 Å². The molecule has 0 heterocycles. The van der Waals surface area contributed by atoms with E-state index in [1.54, 1.807) is 25.3 Å². The molecule has 0 saturated heterocycles. The van der Waals surface area contributed by atoms with E-state index in [1.807, 2.05) is 6.92 Å². The molecule has 0 bridgehead atoms. The predicted octanol–water partition coefficient (Wildman–Crippen LogP) is 2.67. The van der Waals surface area contributed by atoms with Crippen molar-refractivity contribution < 1.29 is 9.13 Å². The van der Waals surface area contributed by atoms with E-state index >= 15 is 0 Å². The number of hydrogen-bond donors (Lipinski definition) is 1. The van der Waals surface area contributed by atoms with Crippen molar-refractivity contribution in [2.45, 2.75) is 13.0 Å². The summed E-state index contributed by atoms with van der Waals surface area (Å²) in [5, 5.41) is 3.13. The van der Waals surface area contributed by atoms with Crippen LogP contribution in [-0.2, 0) is 0 Å². The third-order valence-corrected chi connectivity index (χ3v) is 2.23. The highest BCUT2D eigenvalue weighted by Gasteiger charge is 2.14. The Labute approximate surface area is 89.8 Å². The molecule has 0 fully saturated rings. The Balaban J connectivity index is 2.94. The molecule has 0 radical (unpaired) electrons. The monoisotopic (exact) mass is 209 g/mol. The zero-order valence-corrected chi connectivity index (χ0v) is 9.09. The molecule has 82 valence electrons. The molecule has 0 saturated carbocycles. The first-order valence-electron chi connectivity index (χ1n) is 4.87. The Morgan fingerprint density at radius 1 is 1.60 bits per heavy atom. The fourth-order valence-electron chi connectivity index (χ4n) is 1.48. The number of hydrogen-bond acceptors (Lipinski definition) is 2. The predicted molar refractivity (Wildman–Crippen MR) is 59.6 cm³/mol. The van der Waals surface area contributed by atoms with E-state index < -0.39 is 0 Å². The van der Waals surface area contributed by atoms with Crippen LogP contribution in [0, 0.1) is 5.82 Å². The molecule has 1 atom stereocenters. The van der Waals surface area contributed by atoms with Gasteiger partial charge < -0.3 is 10.1 Å². The standard InChI is InChI=1S/C12H16FNO/c1-4-8-14-9(2)12-10(13)6-5-7-11(12)15-3/h4-7,9,14H,1,8H2,2-3H3. The fourth-order valence-corrected chi connectivity index (χ4v) is 1.48. The van der Waals surface area contributed by atoms with Gasteiger partial charge in [-0.3, -0.25) is 0 Å². The minimum Gasteiger partial charge on any atom is -0.496 e. The van der Waals surface area contributed by atoms with E-state index in [-0.39, 0.29) is 11.9 Å². The first kappa shape index (κ1) is 11.7. The summed E-state index contributed by atoms with van der Waals surface area (Å²) in [6.45, 7) is 6.13. The lowest BCUT2D eigenvalue weighted by atomic mass is 10.1. The summed E-state index contributed by atoms with van der Waals surface area (Å²) >= 11 is 0. The molecular weight excluding hydrogens is 193 g/mol. The first-order chi connectivity index (χ1) is 7.20. The van der Waals surface area contributed by atoms with Crippen molar-refractivity contribution in [3.63, 3.8) is 0 Å². The summed E-state index contributed by atoms with van der Waals surface area (Å²) in [6, 6.07) is 4.73. The third-order valence-electron chi connectivity index (χ3n) is 2.23. The average Bonchev–Trinajstić information content (AvgIpc) is 2.25. The van der Waals surface area contributed by atoms with Crippen molar-refractivity contribution in [2.75, 3.05) is 13.7 Å². The van der Waals surface area contributed by atoms with Gasteiger partial charge in [-0.1, -0.05) is 12.1 Å². The molecule has 1 aromatic rings. The van der Waals surface area contributed by atoms with E-state index in [0.29, 0.717) is 17.9 Å². The highest BCUT2D eigenvalue weighted by atomic mass is 19.1. The highest BCUT2D eigenvalue weighted by molar-refractivity contribution is 5.36. The fraction of sp³-hybridized carbons (Fsp3) is 0.333. The van der Waals surface area contributed by atoms with Crippen LogP contribution in [0.25, 0.3) is 0 Å². The summed E-state index contributed by atoms with van der Waals surface area (Å²) in [5.41, 5.74) is 0.557. The summed E-state index contributed by atoms with van der Waals surface area (Å²) in [5.74, 6) is 0.317. The molecule has 15 heavy (non-hydrogen) atoms. The van der Waals surface area contributed by atoms with E-state index in [0.717, 1.165) is 0 Å². The van der Waals surface area contributed by atoms with Gasteiger partial charge >= 0.3 is 0 Å². The Morgan fingerprint density at radius 3 is 2.93 bits per heavy atom. The van der Waals surface area contributed by atoms with Gasteiger partial charge in [0.2, 0.25) is 0 Å². The number of rotatable bonds is 5. The van der Waals surface area contributed by atoms with Crippen LogP contribution < -0.4 is 10.1 Å². The lowest BCUT2D eigenvalue weighted by Crippen LogP contribution is -2.20. The number of methoxy groups -OCH3 is 1. The van der Waals surface area contributed by atoms with Crippen LogP contribution in [0.1, 0.15) is 18.5 Å². The van der Waals surface area contributed by atoms with Crippen molar-refractivity contribution >= 4 is 0 Å². The quantitative estimate of drug-likeness (QED) is 0.753. The van der Waals surface area contributed by atoms with Crippen LogP contribution in [0.3, 0.4) is 0 Å². The van der Waals surface area contributed by atoms with Gasteiger partial charge in [0.1, 0.15) is 11.6 Å². The van der Waals surface area contributed by atoms with Crippen molar-refractivity contribution in [1.82, 2.24) is 5.32 Å². The summed E-state index contributed by atoms with van der Waals surface area (Å²) < 4.78 is 18.7. The Bertz CT molecular complexity index is 338. The van der Waals surface area contributed by atoms with Gasteiger partial charge in [0.15, 0.2) is 0 Å². The van der Waals surface area contributed by atoms with Gasteiger partial charge in [-0.15, -0.1) is 6.58 Å². The van der Waals surface area contributed by atoms with Crippen LogP contribution in [0.4, 0.5) is 4.39 Å². The smallest absolute Gasteiger partial charge is 0.131 e. The average molecular weight is 209 g/mol. The second-order valence-corrected chi connectivity index (χ2v) is 3.27. The zero-order valence-electron chi connectivity index (χ0n) is 9.09. The van der Waals surface area contributed by atoms with Crippen molar-refractivity contribution in [3.8, 4) is 5.75 Å². The maximum atomic E-state index is 13.6. The van der Waals surface area contributed by atoms with E-state index in [4.69, 9.17) is 4.74 Å². The minimum absolute atomic E-state index is 0.0980. The first-order valence-corrected chi connectivity index (χ1v) is 4.87. The molecular formula is C12H16FNO. The minimum atomic E-state index is -0.251. The lowest BCUT2D eigenvalue weighted by molar-refractivity contribution is 0.395. The molecule has 0 aliphatic heterocycles. The second-order valence-electron chi connectivity index (χ2n) is 3.27. The molecule has 1 rings (SSSR count).